The van der Waals surface area contributed by atoms with E-state index in [4.69, 9.17) is 14.2 Å². The van der Waals surface area contributed by atoms with Crippen LogP contribution in [0.2, 0.25) is 0 Å². The Morgan fingerprint density at radius 3 is 2.57 bits per heavy atom. The van der Waals surface area contributed by atoms with Gasteiger partial charge in [0.25, 0.3) is 0 Å². The molecule has 5 N–H and O–H groups in total. The Bertz CT molecular complexity index is 702. The van der Waals surface area contributed by atoms with Crippen LogP contribution in [-0.4, -0.2) is 88.0 Å². The van der Waals surface area contributed by atoms with Crippen LogP contribution >= 0.6 is 0 Å². The second-order valence-electron chi connectivity index (χ2n) is 7.86. The number of carboxylic acids is 1. The molecule has 10 heteroatoms. The van der Waals surface area contributed by atoms with Gasteiger partial charge in [0.05, 0.1) is 26.2 Å². The SMILES string of the molecule is COC(=O)C1=CC2CCC=CC(C1CC(=O)O)C2OC1OC(CO)C(O)C(O)C1O. The van der Waals surface area contributed by atoms with Crippen molar-refractivity contribution >= 4 is 11.9 Å². The van der Waals surface area contributed by atoms with Crippen LogP contribution < -0.4 is 0 Å². The minimum absolute atomic E-state index is 0.273. The molecule has 1 saturated heterocycles. The van der Waals surface area contributed by atoms with Crippen LogP contribution in [0.15, 0.2) is 23.8 Å². The number of methoxy groups -OCH3 is 1. The lowest BCUT2D eigenvalue weighted by molar-refractivity contribution is -0.318. The number of aliphatic carboxylic acids is 1. The molecule has 30 heavy (non-hydrogen) atoms. The molecule has 0 aromatic rings. The average Bonchev–Trinajstić information content (AvgIpc) is 2.86. The zero-order chi connectivity index (χ0) is 22.0. The molecule has 2 bridgehead atoms. The second-order valence-corrected chi connectivity index (χ2v) is 7.86. The number of aliphatic hydroxyl groups is 4. The maximum atomic E-state index is 12.3. The van der Waals surface area contributed by atoms with Gasteiger partial charge in [-0.2, -0.15) is 0 Å². The Hall–Kier alpha value is -1.82. The first-order chi connectivity index (χ1) is 14.3. The highest BCUT2D eigenvalue weighted by molar-refractivity contribution is 5.90. The molecule has 0 saturated carbocycles. The summed E-state index contributed by atoms with van der Waals surface area (Å²) in [5.41, 5.74) is 0.273. The molecule has 0 amide bonds. The Morgan fingerprint density at radius 1 is 1.20 bits per heavy atom. The van der Waals surface area contributed by atoms with Gasteiger partial charge in [-0.3, -0.25) is 4.79 Å². The van der Waals surface area contributed by atoms with E-state index >= 15 is 0 Å². The highest BCUT2D eigenvalue weighted by atomic mass is 16.7. The maximum absolute atomic E-state index is 12.3. The van der Waals surface area contributed by atoms with Crippen LogP contribution in [0.4, 0.5) is 0 Å². The minimum atomic E-state index is -1.59. The average molecular weight is 428 g/mol. The van der Waals surface area contributed by atoms with Gasteiger partial charge in [-0.1, -0.05) is 18.2 Å². The molecule has 10 nitrogen and oxygen atoms in total. The lowest BCUT2D eigenvalue weighted by Gasteiger charge is -2.45. The van der Waals surface area contributed by atoms with Crippen LogP contribution in [0.1, 0.15) is 19.3 Å². The molecular formula is C20H28O10. The zero-order valence-corrected chi connectivity index (χ0v) is 16.5. The summed E-state index contributed by atoms with van der Waals surface area (Å²) in [5, 5.41) is 49.1. The third-order valence-electron chi connectivity index (χ3n) is 6.04. The van der Waals surface area contributed by atoms with E-state index in [1.54, 1.807) is 12.2 Å². The molecule has 0 radical (unpaired) electrons. The fourth-order valence-electron chi connectivity index (χ4n) is 4.50. The van der Waals surface area contributed by atoms with Crippen molar-refractivity contribution < 1.29 is 49.3 Å². The van der Waals surface area contributed by atoms with Crippen molar-refractivity contribution in [3.05, 3.63) is 23.8 Å². The molecule has 9 atom stereocenters. The summed E-state index contributed by atoms with van der Waals surface area (Å²) < 4.78 is 16.3. The normalized spacial score (nSPS) is 41.0. The molecule has 9 unspecified atom stereocenters. The topological polar surface area (TPSA) is 163 Å². The molecule has 0 aromatic carbocycles. The number of carbonyl (C=O) groups excluding carboxylic acids is 1. The van der Waals surface area contributed by atoms with E-state index in [2.05, 4.69) is 0 Å². The molecular weight excluding hydrogens is 400 g/mol. The number of aliphatic hydroxyl groups excluding tert-OH is 4. The van der Waals surface area contributed by atoms with E-state index in [-0.39, 0.29) is 17.9 Å². The number of carboxylic acid groups (broad SMARTS) is 1. The number of esters is 1. The fraction of sp³-hybridized carbons (Fsp3) is 0.700. The molecule has 0 aromatic heterocycles. The van der Waals surface area contributed by atoms with E-state index in [1.165, 1.54) is 7.11 Å². The predicted molar refractivity (Wildman–Crippen MR) is 99.8 cm³/mol. The van der Waals surface area contributed by atoms with E-state index < -0.39 is 67.2 Å². The monoisotopic (exact) mass is 428 g/mol. The first-order valence-corrected chi connectivity index (χ1v) is 9.93. The van der Waals surface area contributed by atoms with Crippen LogP contribution in [0, 0.1) is 17.8 Å². The van der Waals surface area contributed by atoms with E-state index in [0.29, 0.717) is 12.8 Å². The van der Waals surface area contributed by atoms with Crippen molar-refractivity contribution in [2.75, 3.05) is 13.7 Å². The highest BCUT2D eigenvalue weighted by Crippen LogP contribution is 2.43. The lowest BCUT2D eigenvalue weighted by atomic mass is 9.70. The summed E-state index contributed by atoms with van der Waals surface area (Å²) >= 11 is 0. The largest absolute Gasteiger partial charge is 0.481 e. The van der Waals surface area contributed by atoms with Gasteiger partial charge >= 0.3 is 11.9 Å². The van der Waals surface area contributed by atoms with Crippen molar-refractivity contribution in [1.82, 2.24) is 0 Å². The number of fused-ring (bicyclic) bond motifs is 2. The van der Waals surface area contributed by atoms with Gasteiger partial charge in [-0.15, -0.1) is 0 Å². The summed E-state index contributed by atoms with van der Waals surface area (Å²) in [5.74, 6) is -3.21. The van der Waals surface area contributed by atoms with Crippen LogP contribution in [0.5, 0.6) is 0 Å². The number of allylic oxidation sites excluding steroid dienone is 1. The van der Waals surface area contributed by atoms with Gasteiger partial charge in [0.15, 0.2) is 6.29 Å². The minimum Gasteiger partial charge on any atom is -0.481 e. The summed E-state index contributed by atoms with van der Waals surface area (Å²) in [6, 6.07) is 0. The third kappa shape index (κ3) is 4.43. The van der Waals surface area contributed by atoms with Gasteiger partial charge in [0.2, 0.25) is 0 Å². The fourth-order valence-corrected chi connectivity index (χ4v) is 4.50. The molecule has 2 aliphatic carbocycles. The third-order valence-corrected chi connectivity index (χ3v) is 6.04. The standard InChI is InChI=1S/C20H28O10/c1-28-19(27)12-6-9-4-2-3-5-10(11(12)7-14(22)23)18(9)30-20-17(26)16(25)15(24)13(8-21)29-20/h3,5-6,9-11,13,15-18,20-21,24-26H,2,4,7-8H2,1H3,(H,22,23). The Kier molecular flexibility index (Phi) is 7.27. The van der Waals surface area contributed by atoms with Crippen LogP contribution in [0.25, 0.3) is 0 Å². The van der Waals surface area contributed by atoms with Gasteiger partial charge in [0.1, 0.15) is 24.4 Å². The van der Waals surface area contributed by atoms with E-state index in [9.17, 15) is 35.1 Å². The molecule has 0 spiro atoms. The zero-order valence-electron chi connectivity index (χ0n) is 16.5. The number of hydrogen-bond donors (Lipinski definition) is 5. The molecule has 1 heterocycles. The van der Waals surface area contributed by atoms with Gasteiger partial charge < -0.3 is 39.7 Å². The summed E-state index contributed by atoms with van der Waals surface area (Å²) in [4.78, 5) is 23.8. The van der Waals surface area contributed by atoms with Crippen LogP contribution in [-0.2, 0) is 23.8 Å². The molecule has 1 aliphatic heterocycles. The number of ether oxygens (including phenoxy) is 3. The lowest BCUT2D eigenvalue weighted by Crippen LogP contribution is -2.60. The number of carbonyl (C=O) groups is 2. The second kappa shape index (κ2) is 9.54. The first-order valence-electron chi connectivity index (χ1n) is 9.93. The molecule has 1 fully saturated rings. The van der Waals surface area contributed by atoms with E-state index in [0.717, 1.165) is 0 Å². The van der Waals surface area contributed by atoms with Crippen molar-refractivity contribution in [3.63, 3.8) is 0 Å². The molecule has 3 aliphatic rings. The molecule has 168 valence electrons. The molecule has 3 rings (SSSR count). The van der Waals surface area contributed by atoms with E-state index in [1.807, 2.05) is 6.08 Å². The van der Waals surface area contributed by atoms with Gasteiger partial charge in [-0.05, 0) is 12.8 Å². The predicted octanol–water partition coefficient (Wildman–Crippen LogP) is -1.04. The Labute approximate surface area is 173 Å². The Balaban J connectivity index is 1.92. The quantitative estimate of drug-likeness (QED) is 0.261. The highest BCUT2D eigenvalue weighted by Gasteiger charge is 2.49. The Morgan fingerprint density at radius 2 is 1.93 bits per heavy atom. The van der Waals surface area contributed by atoms with Gasteiger partial charge in [-0.25, -0.2) is 4.79 Å². The number of rotatable bonds is 6. The first kappa shape index (κ1) is 22.9. The van der Waals surface area contributed by atoms with Crippen molar-refractivity contribution in [2.45, 2.75) is 56.1 Å². The van der Waals surface area contributed by atoms with Crippen LogP contribution in [0.3, 0.4) is 0 Å². The van der Waals surface area contributed by atoms with Crippen molar-refractivity contribution in [2.24, 2.45) is 17.8 Å². The smallest absolute Gasteiger partial charge is 0.333 e. The maximum Gasteiger partial charge on any atom is 0.333 e. The van der Waals surface area contributed by atoms with Gasteiger partial charge in [0, 0.05) is 23.3 Å². The summed E-state index contributed by atoms with van der Waals surface area (Å²) in [7, 11) is 1.23. The number of hydrogen-bond acceptors (Lipinski definition) is 9. The van der Waals surface area contributed by atoms with Crippen molar-refractivity contribution in [3.8, 4) is 0 Å². The summed E-state index contributed by atoms with van der Waals surface area (Å²) in [6.07, 6.45) is -1.45. The summed E-state index contributed by atoms with van der Waals surface area (Å²) in [6.45, 7) is -0.587. The van der Waals surface area contributed by atoms with Crippen molar-refractivity contribution in [1.29, 1.82) is 0 Å².